The van der Waals surface area contributed by atoms with Crippen LogP contribution < -0.4 is 4.72 Å². The van der Waals surface area contributed by atoms with Gasteiger partial charge in [0, 0.05) is 37.4 Å². The third kappa shape index (κ3) is 4.80. The molecule has 7 heteroatoms. The Balaban J connectivity index is 1.57. The number of Topliss-reactive ketones (excluding diaryl/α,β-unsaturated/α-hetero) is 1. The molecule has 1 aromatic carbocycles. The summed E-state index contributed by atoms with van der Waals surface area (Å²) < 4.78 is 27.3. The number of anilines is 1. The molecule has 0 bridgehead atoms. The van der Waals surface area contributed by atoms with Crippen molar-refractivity contribution in [2.75, 3.05) is 44.5 Å². The van der Waals surface area contributed by atoms with E-state index in [1.807, 2.05) is 0 Å². The summed E-state index contributed by atoms with van der Waals surface area (Å²) in [5.41, 5.74) is 1.16. The van der Waals surface area contributed by atoms with E-state index in [1.165, 1.54) is 0 Å². The van der Waals surface area contributed by atoms with Gasteiger partial charge in [-0.15, -0.1) is 0 Å². The van der Waals surface area contributed by atoms with Gasteiger partial charge >= 0.3 is 0 Å². The smallest absolute Gasteiger partial charge is 0.235 e. The highest BCUT2D eigenvalue weighted by molar-refractivity contribution is 7.93. The number of likely N-dealkylation sites (N-methyl/N-ethyl adjacent to an activating group) is 1. The van der Waals surface area contributed by atoms with Crippen LogP contribution in [0, 0.1) is 0 Å². The number of rotatable bonds is 6. The van der Waals surface area contributed by atoms with Crippen LogP contribution in [0.3, 0.4) is 0 Å². The van der Waals surface area contributed by atoms with Crippen LogP contribution in [-0.2, 0) is 10.0 Å². The molecule has 1 aliphatic carbocycles. The molecule has 1 saturated heterocycles. The fourth-order valence-corrected chi connectivity index (χ4v) is 5.06. The molecule has 0 radical (unpaired) electrons. The molecule has 1 aromatic rings. The average Bonchev–Trinajstić information content (AvgIpc) is 3.13. The van der Waals surface area contributed by atoms with E-state index in [4.69, 9.17) is 0 Å². The monoisotopic (exact) mass is 365 g/mol. The fourth-order valence-electron chi connectivity index (χ4n) is 3.47. The molecule has 2 aliphatic rings. The van der Waals surface area contributed by atoms with Crippen LogP contribution in [-0.4, -0.2) is 69.0 Å². The van der Waals surface area contributed by atoms with Crippen LogP contribution in [0.2, 0.25) is 0 Å². The maximum atomic E-state index is 12.4. The van der Waals surface area contributed by atoms with Crippen LogP contribution in [0.5, 0.6) is 0 Å². The summed E-state index contributed by atoms with van der Waals surface area (Å²) in [5, 5.41) is -0.286. The van der Waals surface area contributed by atoms with Gasteiger partial charge in [0.1, 0.15) is 0 Å². The Labute approximate surface area is 150 Å². The highest BCUT2D eigenvalue weighted by Gasteiger charge is 2.28. The van der Waals surface area contributed by atoms with E-state index in [0.29, 0.717) is 17.8 Å². The van der Waals surface area contributed by atoms with E-state index in [0.717, 1.165) is 51.9 Å². The third-order valence-electron chi connectivity index (χ3n) is 5.17. The van der Waals surface area contributed by atoms with E-state index in [9.17, 15) is 13.2 Å². The summed E-state index contributed by atoms with van der Waals surface area (Å²) in [7, 11) is -1.23. The number of piperazine rings is 1. The molecule has 0 amide bonds. The van der Waals surface area contributed by atoms with Crippen molar-refractivity contribution >= 4 is 21.5 Å². The molecule has 2 fully saturated rings. The standard InChI is InChI=1S/C18H27N3O3S/c1-20-10-12-21(13-11-20)14-18(22)15-6-8-16(9-7-15)19-25(23,24)17-4-2-3-5-17/h6-9,17,19H,2-5,10-14H2,1H3. The molecule has 6 nitrogen and oxygen atoms in total. The molecule has 1 saturated carbocycles. The molecule has 1 aliphatic heterocycles. The predicted molar refractivity (Wildman–Crippen MR) is 99.5 cm³/mol. The van der Waals surface area contributed by atoms with Crippen LogP contribution in [0.25, 0.3) is 0 Å². The van der Waals surface area contributed by atoms with Crippen molar-refractivity contribution in [1.82, 2.24) is 9.80 Å². The van der Waals surface area contributed by atoms with Gasteiger partial charge in [0.2, 0.25) is 10.0 Å². The van der Waals surface area contributed by atoms with Crippen molar-refractivity contribution in [1.29, 1.82) is 0 Å². The highest BCUT2D eigenvalue weighted by atomic mass is 32.2. The summed E-state index contributed by atoms with van der Waals surface area (Å²) in [6.07, 6.45) is 3.42. The van der Waals surface area contributed by atoms with Crippen LogP contribution >= 0.6 is 0 Å². The lowest BCUT2D eigenvalue weighted by Gasteiger charge is -2.31. The summed E-state index contributed by atoms with van der Waals surface area (Å²) in [6, 6.07) is 6.79. The maximum Gasteiger partial charge on any atom is 0.235 e. The number of carbonyl (C=O) groups is 1. The summed E-state index contributed by atoms with van der Waals surface area (Å²) >= 11 is 0. The molecule has 0 atom stereocenters. The molecule has 3 rings (SSSR count). The van der Waals surface area contributed by atoms with Crippen LogP contribution in [0.15, 0.2) is 24.3 Å². The van der Waals surface area contributed by atoms with Gasteiger partial charge in [-0.2, -0.15) is 0 Å². The third-order valence-corrected chi connectivity index (χ3v) is 7.04. The zero-order chi connectivity index (χ0) is 17.9. The molecule has 0 unspecified atom stereocenters. The number of ketones is 1. The van der Waals surface area contributed by atoms with Crippen molar-refractivity contribution < 1.29 is 13.2 Å². The first-order valence-electron chi connectivity index (χ1n) is 9.00. The Morgan fingerprint density at radius 2 is 1.68 bits per heavy atom. The fraction of sp³-hybridized carbons (Fsp3) is 0.611. The topological polar surface area (TPSA) is 69.7 Å². The first-order valence-corrected chi connectivity index (χ1v) is 10.5. The number of hydrogen-bond donors (Lipinski definition) is 1. The van der Waals surface area contributed by atoms with Crippen molar-refractivity contribution in [2.45, 2.75) is 30.9 Å². The van der Waals surface area contributed by atoms with Gasteiger partial charge < -0.3 is 4.90 Å². The van der Waals surface area contributed by atoms with Gasteiger partial charge in [-0.3, -0.25) is 14.4 Å². The number of benzene rings is 1. The minimum Gasteiger partial charge on any atom is -0.304 e. The molecule has 1 heterocycles. The Hall–Kier alpha value is -1.44. The summed E-state index contributed by atoms with van der Waals surface area (Å²) in [6.45, 7) is 4.19. The molecule has 1 N–H and O–H groups in total. The van der Waals surface area contributed by atoms with Crippen LogP contribution in [0.4, 0.5) is 5.69 Å². The molecule has 0 aromatic heterocycles. The minimum absolute atomic E-state index is 0.0785. The predicted octanol–water partition coefficient (Wildman–Crippen LogP) is 1.80. The van der Waals surface area contributed by atoms with Gasteiger partial charge in [-0.25, -0.2) is 8.42 Å². The highest BCUT2D eigenvalue weighted by Crippen LogP contribution is 2.26. The Bertz CT molecular complexity index is 689. The van der Waals surface area contributed by atoms with Gasteiger partial charge in [0.15, 0.2) is 5.78 Å². The van der Waals surface area contributed by atoms with E-state index >= 15 is 0 Å². The second kappa shape index (κ2) is 7.85. The first-order chi connectivity index (χ1) is 11.9. The maximum absolute atomic E-state index is 12.4. The SMILES string of the molecule is CN1CCN(CC(=O)c2ccc(NS(=O)(=O)C3CCCC3)cc2)CC1. The number of carbonyl (C=O) groups excluding carboxylic acids is 1. The number of nitrogens with zero attached hydrogens (tertiary/aromatic N) is 2. The van der Waals surface area contributed by atoms with Crippen molar-refractivity contribution in [3.63, 3.8) is 0 Å². The second-order valence-electron chi connectivity index (χ2n) is 7.13. The van der Waals surface area contributed by atoms with Gasteiger partial charge in [0.25, 0.3) is 0 Å². The molecule has 138 valence electrons. The minimum atomic E-state index is -3.32. The lowest BCUT2D eigenvalue weighted by Crippen LogP contribution is -2.46. The largest absolute Gasteiger partial charge is 0.304 e. The quantitative estimate of drug-likeness (QED) is 0.779. The zero-order valence-corrected chi connectivity index (χ0v) is 15.6. The summed E-state index contributed by atoms with van der Waals surface area (Å²) in [4.78, 5) is 16.8. The van der Waals surface area contributed by atoms with E-state index < -0.39 is 10.0 Å². The molecule has 0 spiro atoms. The van der Waals surface area contributed by atoms with Crippen molar-refractivity contribution in [2.24, 2.45) is 0 Å². The van der Waals surface area contributed by atoms with Gasteiger partial charge in [0.05, 0.1) is 11.8 Å². The Morgan fingerprint density at radius 1 is 1.08 bits per heavy atom. The normalized spacial score (nSPS) is 20.7. The Morgan fingerprint density at radius 3 is 2.28 bits per heavy atom. The second-order valence-corrected chi connectivity index (χ2v) is 9.09. The average molecular weight is 365 g/mol. The first kappa shape index (κ1) is 18.4. The lowest BCUT2D eigenvalue weighted by molar-refractivity contribution is 0.0876. The van der Waals surface area contributed by atoms with E-state index in [1.54, 1.807) is 24.3 Å². The Kier molecular flexibility index (Phi) is 5.76. The van der Waals surface area contributed by atoms with Gasteiger partial charge in [-0.05, 0) is 44.2 Å². The van der Waals surface area contributed by atoms with Crippen LogP contribution in [0.1, 0.15) is 36.0 Å². The lowest BCUT2D eigenvalue weighted by atomic mass is 10.1. The molecule has 25 heavy (non-hydrogen) atoms. The zero-order valence-electron chi connectivity index (χ0n) is 14.8. The van der Waals surface area contributed by atoms with Crippen molar-refractivity contribution in [3.8, 4) is 0 Å². The van der Waals surface area contributed by atoms with E-state index in [-0.39, 0.29) is 11.0 Å². The summed E-state index contributed by atoms with van der Waals surface area (Å²) in [5.74, 6) is 0.0785. The van der Waals surface area contributed by atoms with Gasteiger partial charge in [-0.1, -0.05) is 12.8 Å². The molecular weight excluding hydrogens is 338 g/mol. The number of nitrogens with one attached hydrogen (secondary N) is 1. The van der Waals surface area contributed by atoms with Crippen molar-refractivity contribution in [3.05, 3.63) is 29.8 Å². The number of sulfonamides is 1. The van der Waals surface area contributed by atoms with E-state index in [2.05, 4.69) is 21.6 Å². The number of hydrogen-bond acceptors (Lipinski definition) is 5. The molecular formula is C18H27N3O3S.